The number of hydrogen-bond acceptors (Lipinski definition) is 2. The Morgan fingerprint density at radius 2 is 1.65 bits per heavy atom. The molecular weight excluding hydrogens is 401 g/mol. The fraction of sp³-hybridized carbons (Fsp3) is 0.240. The van der Waals surface area contributed by atoms with Crippen molar-refractivity contribution in [3.8, 4) is 11.1 Å². The van der Waals surface area contributed by atoms with Crippen molar-refractivity contribution in [2.45, 2.75) is 38.9 Å². The summed E-state index contributed by atoms with van der Waals surface area (Å²) in [4.78, 5) is 13.2. The summed E-state index contributed by atoms with van der Waals surface area (Å²) in [7, 11) is 0. The van der Waals surface area contributed by atoms with Gasteiger partial charge in [0.2, 0.25) is 0 Å². The monoisotopic (exact) mass is 424 g/mol. The van der Waals surface area contributed by atoms with Crippen LogP contribution in [0.1, 0.15) is 38.2 Å². The number of nitrogens with two attached hydrogens (primary N) is 1. The SMILES string of the molecule is Cc1cc(C)c(-c2ccc(C(F)(F)F)cc2)c(C(=O)Nc2ccc3c(c2)C[C@@H](N)C3)c1. The fourth-order valence-electron chi connectivity index (χ4n) is 4.28. The molecule has 0 aliphatic heterocycles. The van der Waals surface area contributed by atoms with E-state index in [2.05, 4.69) is 5.32 Å². The van der Waals surface area contributed by atoms with E-state index in [0.29, 0.717) is 22.4 Å². The van der Waals surface area contributed by atoms with Crippen LogP contribution in [0.25, 0.3) is 11.1 Å². The van der Waals surface area contributed by atoms with Crippen LogP contribution < -0.4 is 11.1 Å². The number of carbonyl (C=O) groups is 1. The van der Waals surface area contributed by atoms with Gasteiger partial charge in [0, 0.05) is 17.3 Å². The number of nitrogens with one attached hydrogen (secondary N) is 1. The molecule has 160 valence electrons. The minimum Gasteiger partial charge on any atom is -0.327 e. The Labute approximate surface area is 179 Å². The largest absolute Gasteiger partial charge is 0.416 e. The van der Waals surface area contributed by atoms with Gasteiger partial charge in [-0.15, -0.1) is 0 Å². The smallest absolute Gasteiger partial charge is 0.327 e. The van der Waals surface area contributed by atoms with E-state index < -0.39 is 11.7 Å². The third-order valence-electron chi connectivity index (χ3n) is 5.65. The highest BCUT2D eigenvalue weighted by molar-refractivity contribution is 6.09. The molecule has 0 bridgehead atoms. The number of fused-ring (bicyclic) bond motifs is 1. The van der Waals surface area contributed by atoms with E-state index in [-0.39, 0.29) is 11.9 Å². The molecule has 0 aromatic heterocycles. The van der Waals surface area contributed by atoms with Crippen LogP contribution in [0.4, 0.5) is 18.9 Å². The minimum absolute atomic E-state index is 0.103. The normalized spacial score (nSPS) is 15.6. The van der Waals surface area contributed by atoms with Crippen LogP contribution >= 0.6 is 0 Å². The second kappa shape index (κ2) is 7.85. The quantitative estimate of drug-likeness (QED) is 0.569. The van der Waals surface area contributed by atoms with Gasteiger partial charge in [0.1, 0.15) is 0 Å². The second-order valence-electron chi connectivity index (χ2n) is 8.19. The van der Waals surface area contributed by atoms with Crippen LogP contribution in [-0.2, 0) is 19.0 Å². The number of rotatable bonds is 3. The summed E-state index contributed by atoms with van der Waals surface area (Å²) in [6.45, 7) is 3.74. The van der Waals surface area contributed by atoms with E-state index in [1.807, 2.05) is 38.1 Å². The zero-order valence-electron chi connectivity index (χ0n) is 17.3. The summed E-state index contributed by atoms with van der Waals surface area (Å²) in [5, 5.41) is 2.94. The molecule has 0 saturated heterocycles. The highest BCUT2D eigenvalue weighted by Crippen LogP contribution is 2.34. The third kappa shape index (κ3) is 4.35. The Kier molecular flexibility index (Phi) is 5.35. The highest BCUT2D eigenvalue weighted by Gasteiger charge is 2.30. The average molecular weight is 424 g/mol. The first kappa shape index (κ1) is 21.1. The van der Waals surface area contributed by atoms with E-state index >= 15 is 0 Å². The van der Waals surface area contributed by atoms with Crippen molar-refractivity contribution in [3.63, 3.8) is 0 Å². The first-order chi connectivity index (χ1) is 14.6. The van der Waals surface area contributed by atoms with Crippen molar-refractivity contribution in [1.82, 2.24) is 0 Å². The Morgan fingerprint density at radius 1 is 0.968 bits per heavy atom. The number of anilines is 1. The van der Waals surface area contributed by atoms with Crippen molar-refractivity contribution in [2.75, 3.05) is 5.32 Å². The van der Waals surface area contributed by atoms with Crippen LogP contribution in [0.2, 0.25) is 0 Å². The highest BCUT2D eigenvalue weighted by atomic mass is 19.4. The van der Waals surface area contributed by atoms with E-state index in [1.165, 1.54) is 17.7 Å². The maximum atomic E-state index is 13.2. The summed E-state index contributed by atoms with van der Waals surface area (Å²) in [6, 6.07) is 14.5. The van der Waals surface area contributed by atoms with Gasteiger partial charge in [0.05, 0.1) is 5.56 Å². The van der Waals surface area contributed by atoms with Gasteiger partial charge < -0.3 is 11.1 Å². The van der Waals surface area contributed by atoms with Gasteiger partial charge in [-0.3, -0.25) is 4.79 Å². The van der Waals surface area contributed by atoms with Gasteiger partial charge in [-0.25, -0.2) is 0 Å². The maximum Gasteiger partial charge on any atom is 0.416 e. The van der Waals surface area contributed by atoms with Gasteiger partial charge in [0.25, 0.3) is 5.91 Å². The van der Waals surface area contributed by atoms with Crippen LogP contribution in [-0.4, -0.2) is 11.9 Å². The number of carbonyl (C=O) groups excluding carboxylic acids is 1. The van der Waals surface area contributed by atoms with Gasteiger partial charge >= 0.3 is 6.18 Å². The number of halogens is 3. The summed E-state index contributed by atoms with van der Waals surface area (Å²) in [5.41, 5.74) is 11.7. The lowest BCUT2D eigenvalue weighted by Gasteiger charge is -2.16. The van der Waals surface area contributed by atoms with Gasteiger partial charge in [-0.2, -0.15) is 13.2 Å². The Morgan fingerprint density at radius 3 is 2.32 bits per heavy atom. The van der Waals surface area contributed by atoms with E-state index in [0.717, 1.165) is 41.7 Å². The van der Waals surface area contributed by atoms with Crippen LogP contribution in [0.3, 0.4) is 0 Å². The average Bonchev–Trinajstić information content (AvgIpc) is 3.06. The number of benzene rings is 3. The zero-order chi connectivity index (χ0) is 22.3. The molecule has 0 saturated carbocycles. The van der Waals surface area contributed by atoms with E-state index in [1.54, 1.807) is 6.07 Å². The summed E-state index contributed by atoms with van der Waals surface area (Å²) < 4.78 is 38.9. The molecule has 1 aliphatic carbocycles. The predicted molar refractivity (Wildman–Crippen MR) is 116 cm³/mol. The molecular formula is C25H23F3N2O. The van der Waals surface area contributed by atoms with Gasteiger partial charge in [0.15, 0.2) is 0 Å². The molecule has 4 rings (SSSR count). The first-order valence-corrected chi connectivity index (χ1v) is 10.1. The second-order valence-corrected chi connectivity index (χ2v) is 8.19. The van der Waals surface area contributed by atoms with Crippen molar-refractivity contribution < 1.29 is 18.0 Å². The molecule has 3 nitrogen and oxygen atoms in total. The Balaban J connectivity index is 1.69. The van der Waals surface area contributed by atoms with Crippen molar-refractivity contribution in [3.05, 3.63) is 88.0 Å². The maximum absolute atomic E-state index is 13.2. The van der Waals surface area contributed by atoms with E-state index in [4.69, 9.17) is 5.73 Å². The molecule has 0 radical (unpaired) electrons. The molecule has 0 unspecified atom stereocenters. The topological polar surface area (TPSA) is 55.1 Å². The standard InChI is InChI=1S/C25H23F3N2O/c1-14-9-15(2)23(16-3-6-19(7-4-16)25(26,27)28)22(10-14)24(31)30-21-8-5-17-11-20(29)12-18(17)13-21/h3-10,13,20H,11-12,29H2,1-2H3,(H,30,31)/t20-/m0/s1. The van der Waals surface area contributed by atoms with Crippen molar-refractivity contribution in [1.29, 1.82) is 0 Å². The third-order valence-corrected chi connectivity index (χ3v) is 5.65. The molecule has 0 fully saturated rings. The predicted octanol–water partition coefficient (Wildman–Crippen LogP) is 5.67. The number of amides is 1. The van der Waals surface area contributed by atoms with Crippen LogP contribution in [0.15, 0.2) is 54.6 Å². The molecule has 3 aromatic rings. The number of aryl methyl sites for hydroxylation is 2. The lowest BCUT2D eigenvalue weighted by atomic mass is 9.92. The zero-order valence-corrected chi connectivity index (χ0v) is 17.3. The minimum atomic E-state index is -4.41. The lowest BCUT2D eigenvalue weighted by molar-refractivity contribution is -0.137. The molecule has 6 heteroatoms. The molecule has 1 amide bonds. The first-order valence-electron chi connectivity index (χ1n) is 10.1. The molecule has 0 heterocycles. The summed E-state index contributed by atoms with van der Waals surface area (Å²) in [6.07, 6.45) is -2.80. The van der Waals surface area contributed by atoms with E-state index in [9.17, 15) is 18.0 Å². The molecule has 0 spiro atoms. The lowest BCUT2D eigenvalue weighted by Crippen LogP contribution is -2.19. The van der Waals surface area contributed by atoms with Crippen LogP contribution in [0, 0.1) is 13.8 Å². The Bertz CT molecular complexity index is 1150. The molecule has 3 N–H and O–H groups in total. The molecule has 3 aromatic carbocycles. The van der Waals surface area contributed by atoms with Gasteiger partial charge in [-0.1, -0.05) is 29.8 Å². The van der Waals surface area contributed by atoms with Gasteiger partial charge in [-0.05, 0) is 84.8 Å². The number of hydrogen-bond donors (Lipinski definition) is 2. The molecule has 31 heavy (non-hydrogen) atoms. The summed E-state index contributed by atoms with van der Waals surface area (Å²) >= 11 is 0. The number of alkyl halides is 3. The molecule has 1 atom stereocenters. The fourth-order valence-corrected chi connectivity index (χ4v) is 4.28. The van der Waals surface area contributed by atoms with Crippen LogP contribution in [0.5, 0.6) is 0 Å². The molecule has 1 aliphatic rings. The Hall–Kier alpha value is -3.12. The van der Waals surface area contributed by atoms with Crippen molar-refractivity contribution in [2.24, 2.45) is 5.73 Å². The van der Waals surface area contributed by atoms with Crippen molar-refractivity contribution >= 4 is 11.6 Å². The summed E-state index contributed by atoms with van der Waals surface area (Å²) in [5.74, 6) is -0.302.